The van der Waals surface area contributed by atoms with Gasteiger partial charge in [0.25, 0.3) is 5.88 Å². The largest absolute Gasteiger partial charge is 0.474 e. The van der Waals surface area contributed by atoms with Crippen LogP contribution in [0.4, 0.5) is 0 Å². The molecule has 0 aliphatic carbocycles. The summed E-state index contributed by atoms with van der Waals surface area (Å²) in [5.74, 6) is 0.668. The van der Waals surface area contributed by atoms with E-state index in [1.54, 1.807) is 24.3 Å². The predicted molar refractivity (Wildman–Crippen MR) is 91.1 cm³/mol. The number of hydrogen-bond acceptors (Lipinski definition) is 5. The van der Waals surface area contributed by atoms with E-state index in [0.29, 0.717) is 27.8 Å². The number of benzene rings is 1. The fourth-order valence-corrected chi connectivity index (χ4v) is 2.47. The van der Waals surface area contributed by atoms with E-state index in [1.807, 2.05) is 20.8 Å². The van der Waals surface area contributed by atoms with Crippen molar-refractivity contribution in [2.75, 3.05) is 13.2 Å². The molecule has 0 saturated heterocycles. The zero-order valence-electron chi connectivity index (χ0n) is 13.6. The summed E-state index contributed by atoms with van der Waals surface area (Å²) < 4.78 is 10.7. The van der Waals surface area contributed by atoms with E-state index < -0.39 is 5.60 Å². The minimum absolute atomic E-state index is 0.192. The van der Waals surface area contributed by atoms with Crippen LogP contribution in [0.5, 0.6) is 5.88 Å². The van der Waals surface area contributed by atoms with Crippen LogP contribution in [-0.4, -0.2) is 35.4 Å². The van der Waals surface area contributed by atoms with Crippen molar-refractivity contribution in [3.05, 3.63) is 34.3 Å². The van der Waals surface area contributed by atoms with Gasteiger partial charge in [0.05, 0.1) is 27.8 Å². The van der Waals surface area contributed by atoms with Crippen LogP contribution >= 0.6 is 23.2 Å². The molecular formula is C16H18Cl2N2O4. The van der Waals surface area contributed by atoms with Gasteiger partial charge in [0.1, 0.15) is 6.61 Å². The first-order chi connectivity index (χ1) is 11.3. The van der Waals surface area contributed by atoms with Crippen molar-refractivity contribution >= 4 is 29.6 Å². The minimum Gasteiger partial charge on any atom is -0.474 e. The van der Waals surface area contributed by atoms with Crippen LogP contribution in [0.25, 0.3) is 11.3 Å². The maximum atomic E-state index is 11.0. The van der Waals surface area contributed by atoms with E-state index in [2.05, 4.69) is 5.16 Å². The van der Waals surface area contributed by atoms with Gasteiger partial charge < -0.3 is 9.26 Å². The fourth-order valence-electron chi connectivity index (χ4n) is 1.89. The summed E-state index contributed by atoms with van der Waals surface area (Å²) in [5.41, 5.74) is 0.0803. The molecule has 6 nitrogen and oxygen atoms in total. The van der Waals surface area contributed by atoms with Gasteiger partial charge in [-0.3, -0.25) is 9.63 Å². The fraction of sp³-hybridized carbons (Fsp3) is 0.375. The van der Waals surface area contributed by atoms with Crippen molar-refractivity contribution in [1.82, 2.24) is 10.2 Å². The molecule has 0 aliphatic heterocycles. The molecule has 0 spiro atoms. The number of aromatic nitrogens is 1. The molecule has 0 N–H and O–H groups in total. The molecule has 0 saturated carbocycles. The van der Waals surface area contributed by atoms with Gasteiger partial charge in [0.15, 0.2) is 5.76 Å². The number of hydrogen-bond donors (Lipinski definition) is 0. The molecule has 8 heteroatoms. The van der Waals surface area contributed by atoms with Crippen molar-refractivity contribution in [2.24, 2.45) is 0 Å². The quantitative estimate of drug-likeness (QED) is 0.537. The number of carbonyl (C=O) groups excluding carboxylic acids is 1. The summed E-state index contributed by atoms with van der Waals surface area (Å²) >= 11 is 12.2. The summed E-state index contributed by atoms with van der Waals surface area (Å²) in [6.07, 6.45) is 0.604. The molecule has 0 unspecified atom stereocenters. The monoisotopic (exact) mass is 372 g/mol. The van der Waals surface area contributed by atoms with Gasteiger partial charge >= 0.3 is 0 Å². The lowest BCUT2D eigenvalue weighted by molar-refractivity contribution is -0.217. The van der Waals surface area contributed by atoms with Crippen LogP contribution in [-0.2, 0) is 9.63 Å². The van der Waals surface area contributed by atoms with Gasteiger partial charge in [-0.2, -0.15) is 0 Å². The Balaban J connectivity index is 1.96. The SMILES string of the molecule is CC(C)(C)ON(C=O)CCOc1cc(-c2c(Cl)cccc2Cl)on1. The average Bonchev–Trinajstić information content (AvgIpc) is 2.93. The first-order valence-corrected chi connectivity index (χ1v) is 8.01. The summed E-state index contributed by atoms with van der Waals surface area (Å²) in [6, 6.07) is 6.74. The van der Waals surface area contributed by atoms with Gasteiger partial charge in [-0.15, -0.1) is 0 Å². The Morgan fingerprint density at radius 3 is 2.54 bits per heavy atom. The molecule has 1 aromatic carbocycles. The maximum absolute atomic E-state index is 11.0. The molecule has 1 heterocycles. The standard InChI is InChI=1S/C16H18Cl2N2O4/c1-16(2,3)24-20(10-21)7-8-22-14-9-13(23-19-14)15-11(17)5-4-6-12(15)18/h4-6,9-10H,7-8H2,1-3H3. The number of amides is 1. The van der Waals surface area contributed by atoms with E-state index in [4.69, 9.17) is 37.3 Å². The zero-order chi connectivity index (χ0) is 17.7. The number of hydroxylamine groups is 2. The van der Waals surface area contributed by atoms with Crippen LogP contribution in [0.2, 0.25) is 10.0 Å². The van der Waals surface area contributed by atoms with E-state index in [-0.39, 0.29) is 19.0 Å². The molecule has 1 amide bonds. The highest BCUT2D eigenvalue weighted by molar-refractivity contribution is 6.39. The molecule has 0 atom stereocenters. The second-order valence-corrected chi connectivity index (χ2v) is 6.74. The molecule has 24 heavy (non-hydrogen) atoms. The summed E-state index contributed by atoms with van der Waals surface area (Å²) in [7, 11) is 0. The maximum Gasteiger partial charge on any atom is 0.254 e. The number of rotatable bonds is 7. The topological polar surface area (TPSA) is 64.8 Å². The zero-order valence-corrected chi connectivity index (χ0v) is 15.1. The van der Waals surface area contributed by atoms with E-state index in [1.165, 1.54) is 5.06 Å². The predicted octanol–water partition coefficient (Wildman–Crippen LogP) is 4.22. The smallest absolute Gasteiger partial charge is 0.254 e. The number of nitrogens with zero attached hydrogens (tertiary/aromatic N) is 2. The Bertz CT molecular complexity index is 677. The van der Waals surface area contributed by atoms with Crippen molar-refractivity contribution in [2.45, 2.75) is 26.4 Å². The lowest BCUT2D eigenvalue weighted by atomic mass is 10.2. The van der Waals surface area contributed by atoms with Gasteiger partial charge in [-0.1, -0.05) is 29.3 Å². The summed E-state index contributed by atoms with van der Waals surface area (Å²) in [5, 5.41) is 5.89. The molecule has 0 radical (unpaired) electrons. The Morgan fingerprint density at radius 2 is 1.96 bits per heavy atom. The van der Waals surface area contributed by atoms with Crippen LogP contribution in [0.1, 0.15) is 20.8 Å². The number of carbonyl (C=O) groups is 1. The first-order valence-electron chi connectivity index (χ1n) is 7.25. The molecular weight excluding hydrogens is 355 g/mol. The van der Waals surface area contributed by atoms with Gasteiger partial charge in [-0.05, 0) is 38.1 Å². The highest BCUT2D eigenvalue weighted by atomic mass is 35.5. The third-order valence-corrected chi connectivity index (χ3v) is 3.40. The summed E-state index contributed by atoms with van der Waals surface area (Å²) in [6.45, 7) is 5.98. The van der Waals surface area contributed by atoms with E-state index in [0.717, 1.165) is 0 Å². The van der Waals surface area contributed by atoms with Gasteiger partial charge in [-0.25, -0.2) is 5.06 Å². The third-order valence-electron chi connectivity index (χ3n) is 2.77. The Hall–Kier alpha value is -1.76. The molecule has 0 aliphatic rings. The van der Waals surface area contributed by atoms with Crippen LogP contribution in [0.3, 0.4) is 0 Å². The van der Waals surface area contributed by atoms with Crippen LogP contribution in [0, 0.1) is 0 Å². The molecule has 0 bridgehead atoms. The first kappa shape index (κ1) is 18.6. The Kier molecular flexibility index (Phi) is 6.10. The summed E-state index contributed by atoms with van der Waals surface area (Å²) in [4.78, 5) is 16.4. The number of halogens is 2. The lowest BCUT2D eigenvalue weighted by Crippen LogP contribution is -2.35. The second-order valence-electron chi connectivity index (χ2n) is 5.92. The van der Waals surface area contributed by atoms with Gasteiger partial charge in [0.2, 0.25) is 6.41 Å². The Labute approximate surface area is 150 Å². The van der Waals surface area contributed by atoms with Crippen LogP contribution < -0.4 is 4.74 Å². The third kappa shape index (κ3) is 5.12. The van der Waals surface area contributed by atoms with Crippen molar-refractivity contribution in [3.63, 3.8) is 0 Å². The second kappa shape index (κ2) is 7.88. The van der Waals surface area contributed by atoms with Gasteiger partial charge in [0, 0.05) is 6.07 Å². The normalized spacial score (nSPS) is 11.4. The molecule has 130 valence electrons. The van der Waals surface area contributed by atoms with E-state index in [9.17, 15) is 4.79 Å². The minimum atomic E-state index is -0.469. The highest BCUT2D eigenvalue weighted by Crippen LogP contribution is 2.35. The Morgan fingerprint density at radius 1 is 1.29 bits per heavy atom. The lowest BCUT2D eigenvalue weighted by Gasteiger charge is -2.26. The molecule has 0 fully saturated rings. The van der Waals surface area contributed by atoms with Crippen molar-refractivity contribution < 1.29 is 18.9 Å². The van der Waals surface area contributed by atoms with Crippen molar-refractivity contribution in [1.29, 1.82) is 0 Å². The molecule has 2 rings (SSSR count). The molecule has 1 aromatic heterocycles. The van der Waals surface area contributed by atoms with E-state index >= 15 is 0 Å². The number of ether oxygens (including phenoxy) is 1. The van der Waals surface area contributed by atoms with Crippen molar-refractivity contribution in [3.8, 4) is 17.2 Å². The van der Waals surface area contributed by atoms with Crippen LogP contribution in [0.15, 0.2) is 28.8 Å². The molecule has 2 aromatic rings. The highest BCUT2D eigenvalue weighted by Gasteiger charge is 2.17. The average molecular weight is 373 g/mol.